The fraction of sp³-hybridized carbons (Fsp3) is 0.467. The van der Waals surface area contributed by atoms with Crippen LogP contribution in [-0.4, -0.2) is 25.0 Å². The molecular weight excluding hydrogens is 240 g/mol. The molecule has 1 atom stereocenters. The summed E-state index contributed by atoms with van der Waals surface area (Å²) in [6.07, 6.45) is 2.46. The van der Waals surface area contributed by atoms with Crippen molar-refractivity contribution in [1.29, 1.82) is 0 Å². The number of nitrogens with two attached hydrogens (primary N) is 1. The number of rotatable bonds is 6. The van der Waals surface area contributed by atoms with E-state index in [1.54, 1.807) is 0 Å². The third-order valence-electron chi connectivity index (χ3n) is 3.49. The Bertz CT molecular complexity index is 492. The van der Waals surface area contributed by atoms with Gasteiger partial charge < -0.3 is 5.73 Å². The first-order chi connectivity index (χ1) is 8.77. The molecule has 1 aromatic carbocycles. The average Bonchev–Trinajstić information content (AvgIpc) is 2.81. The number of unbranched alkanes of at least 4 members (excludes halogenated alkanes) is 1. The molecule has 0 fully saturated rings. The molecule has 2 N–H and O–H groups in total. The van der Waals surface area contributed by atoms with E-state index in [0.29, 0.717) is 12.6 Å². The molecular formula is C15H22N2S. The zero-order valence-electron chi connectivity index (χ0n) is 11.2. The number of hydrogen-bond donors (Lipinski definition) is 1. The Kier molecular flexibility index (Phi) is 4.75. The summed E-state index contributed by atoms with van der Waals surface area (Å²) in [4.78, 5) is 2.39. The topological polar surface area (TPSA) is 29.3 Å². The maximum absolute atomic E-state index is 5.99. The predicted octanol–water partition coefficient (Wildman–Crippen LogP) is 3.63. The van der Waals surface area contributed by atoms with E-state index in [-0.39, 0.29) is 0 Å². The van der Waals surface area contributed by atoms with Crippen LogP contribution < -0.4 is 5.73 Å². The van der Waals surface area contributed by atoms with Gasteiger partial charge in [0, 0.05) is 17.3 Å². The average molecular weight is 262 g/mol. The third-order valence-corrected chi connectivity index (χ3v) is 4.47. The van der Waals surface area contributed by atoms with Gasteiger partial charge in [0.15, 0.2) is 0 Å². The van der Waals surface area contributed by atoms with Crippen LogP contribution in [0.4, 0.5) is 0 Å². The lowest BCUT2D eigenvalue weighted by Crippen LogP contribution is -2.31. The normalized spacial score (nSPS) is 13.3. The van der Waals surface area contributed by atoms with Gasteiger partial charge >= 0.3 is 0 Å². The molecule has 0 spiro atoms. The van der Waals surface area contributed by atoms with E-state index in [9.17, 15) is 0 Å². The van der Waals surface area contributed by atoms with Crippen molar-refractivity contribution < 1.29 is 0 Å². The fourth-order valence-electron chi connectivity index (χ4n) is 2.36. The molecule has 0 amide bonds. The van der Waals surface area contributed by atoms with Crippen molar-refractivity contribution in [2.45, 2.75) is 25.8 Å². The quantitative estimate of drug-likeness (QED) is 0.861. The van der Waals surface area contributed by atoms with Crippen LogP contribution in [0.5, 0.6) is 0 Å². The van der Waals surface area contributed by atoms with Crippen molar-refractivity contribution in [3.63, 3.8) is 0 Å². The molecule has 98 valence electrons. The van der Waals surface area contributed by atoms with Crippen LogP contribution in [-0.2, 0) is 0 Å². The van der Waals surface area contributed by atoms with Gasteiger partial charge in [0.2, 0.25) is 0 Å². The van der Waals surface area contributed by atoms with E-state index in [4.69, 9.17) is 5.73 Å². The molecule has 0 aliphatic rings. The summed E-state index contributed by atoms with van der Waals surface area (Å²) in [6, 6.07) is 8.94. The number of fused-ring (bicyclic) bond motifs is 1. The number of nitrogens with zero attached hydrogens (tertiary/aromatic N) is 1. The van der Waals surface area contributed by atoms with Crippen LogP contribution in [0, 0.1) is 0 Å². The summed E-state index contributed by atoms with van der Waals surface area (Å²) in [7, 11) is 2.18. The largest absolute Gasteiger partial charge is 0.329 e. The van der Waals surface area contributed by atoms with Gasteiger partial charge in [-0.1, -0.05) is 31.5 Å². The first kappa shape index (κ1) is 13.5. The van der Waals surface area contributed by atoms with Gasteiger partial charge in [-0.3, -0.25) is 4.90 Å². The van der Waals surface area contributed by atoms with E-state index >= 15 is 0 Å². The number of thiophene rings is 1. The highest BCUT2D eigenvalue weighted by molar-refractivity contribution is 7.17. The molecule has 2 rings (SSSR count). The van der Waals surface area contributed by atoms with Crippen LogP contribution in [0.2, 0.25) is 0 Å². The first-order valence-electron chi connectivity index (χ1n) is 6.64. The van der Waals surface area contributed by atoms with Crippen molar-refractivity contribution in [2.24, 2.45) is 5.73 Å². The Morgan fingerprint density at radius 2 is 2.11 bits per heavy atom. The van der Waals surface area contributed by atoms with E-state index in [1.807, 2.05) is 11.3 Å². The van der Waals surface area contributed by atoms with Crippen molar-refractivity contribution in [3.05, 3.63) is 35.2 Å². The number of hydrogen-bond acceptors (Lipinski definition) is 3. The van der Waals surface area contributed by atoms with Crippen molar-refractivity contribution in [1.82, 2.24) is 4.90 Å². The second-order valence-corrected chi connectivity index (χ2v) is 5.68. The second kappa shape index (κ2) is 6.32. The summed E-state index contributed by atoms with van der Waals surface area (Å²) in [6.45, 7) is 4.02. The Labute approximate surface area is 113 Å². The molecule has 0 bridgehead atoms. The minimum absolute atomic E-state index is 0.340. The van der Waals surface area contributed by atoms with Gasteiger partial charge in [0.1, 0.15) is 0 Å². The van der Waals surface area contributed by atoms with Crippen molar-refractivity contribution in [3.8, 4) is 0 Å². The lowest BCUT2D eigenvalue weighted by molar-refractivity contribution is 0.248. The molecule has 0 radical (unpaired) electrons. The van der Waals surface area contributed by atoms with Crippen LogP contribution in [0.15, 0.2) is 29.6 Å². The zero-order chi connectivity index (χ0) is 13.0. The molecule has 0 saturated carbocycles. The Morgan fingerprint density at radius 3 is 2.83 bits per heavy atom. The molecule has 0 saturated heterocycles. The third kappa shape index (κ3) is 2.74. The maximum atomic E-state index is 5.99. The van der Waals surface area contributed by atoms with Gasteiger partial charge in [-0.25, -0.2) is 0 Å². The predicted molar refractivity (Wildman–Crippen MR) is 81.2 cm³/mol. The summed E-state index contributed by atoms with van der Waals surface area (Å²) in [5.74, 6) is 0. The molecule has 2 aromatic rings. The molecule has 2 nitrogen and oxygen atoms in total. The van der Waals surface area contributed by atoms with Crippen LogP contribution in [0.1, 0.15) is 31.4 Å². The first-order valence-corrected chi connectivity index (χ1v) is 7.52. The second-order valence-electron chi connectivity index (χ2n) is 4.77. The van der Waals surface area contributed by atoms with Gasteiger partial charge in [0.05, 0.1) is 0 Å². The smallest absolute Gasteiger partial charge is 0.0481 e. The monoisotopic (exact) mass is 262 g/mol. The van der Waals surface area contributed by atoms with Crippen molar-refractivity contribution in [2.75, 3.05) is 20.1 Å². The van der Waals surface area contributed by atoms with Crippen LogP contribution in [0.3, 0.4) is 0 Å². The van der Waals surface area contributed by atoms with Crippen LogP contribution in [0.25, 0.3) is 10.1 Å². The van der Waals surface area contributed by atoms with Gasteiger partial charge in [0.25, 0.3) is 0 Å². The Balaban J connectivity index is 2.26. The maximum Gasteiger partial charge on any atom is 0.0481 e. The lowest BCUT2D eigenvalue weighted by Gasteiger charge is -2.26. The summed E-state index contributed by atoms with van der Waals surface area (Å²) in [5, 5.41) is 3.63. The molecule has 0 aliphatic heterocycles. The number of benzene rings is 1. The SMILES string of the molecule is CCCCN(C)C(CN)c1csc2ccccc12. The summed E-state index contributed by atoms with van der Waals surface area (Å²) < 4.78 is 1.36. The summed E-state index contributed by atoms with van der Waals surface area (Å²) >= 11 is 1.82. The minimum atomic E-state index is 0.340. The molecule has 3 heteroatoms. The van der Waals surface area contributed by atoms with E-state index in [0.717, 1.165) is 6.54 Å². The lowest BCUT2D eigenvalue weighted by atomic mass is 10.0. The van der Waals surface area contributed by atoms with Gasteiger partial charge in [-0.2, -0.15) is 0 Å². The van der Waals surface area contributed by atoms with Gasteiger partial charge in [-0.05, 0) is 42.4 Å². The standard InChI is InChI=1S/C15H22N2S/c1-3-4-9-17(2)14(10-16)13-11-18-15-8-6-5-7-12(13)15/h5-8,11,14H,3-4,9-10,16H2,1-2H3. The molecule has 1 heterocycles. The Morgan fingerprint density at radius 1 is 1.33 bits per heavy atom. The van der Waals surface area contributed by atoms with Crippen molar-refractivity contribution >= 4 is 21.4 Å². The molecule has 1 unspecified atom stereocenters. The van der Waals surface area contributed by atoms with Gasteiger partial charge in [-0.15, -0.1) is 11.3 Å². The van der Waals surface area contributed by atoms with E-state index < -0.39 is 0 Å². The molecule has 1 aromatic heterocycles. The zero-order valence-corrected chi connectivity index (χ0v) is 12.0. The molecule has 18 heavy (non-hydrogen) atoms. The highest BCUT2D eigenvalue weighted by atomic mass is 32.1. The summed E-state index contributed by atoms with van der Waals surface area (Å²) in [5.41, 5.74) is 7.38. The minimum Gasteiger partial charge on any atom is -0.329 e. The van der Waals surface area contributed by atoms with E-state index in [1.165, 1.54) is 28.5 Å². The fourth-order valence-corrected chi connectivity index (χ4v) is 3.37. The van der Waals surface area contributed by atoms with E-state index in [2.05, 4.69) is 48.5 Å². The highest BCUT2D eigenvalue weighted by Gasteiger charge is 2.18. The number of likely N-dealkylation sites (N-methyl/N-ethyl adjacent to an activating group) is 1. The Hall–Kier alpha value is -0.900. The van der Waals surface area contributed by atoms with Crippen LogP contribution >= 0.6 is 11.3 Å². The highest BCUT2D eigenvalue weighted by Crippen LogP contribution is 2.32. The molecule has 0 aliphatic carbocycles.